The molecule has 0 saturated carbocycles. The molecule has 102 valence electrons. The van der Waals surface area contributed by atoms with E-state index in [4.69, 9.17) is 0 Å². The molecule has 2 aromatic carbocycles. The van der Waals surface area contributed by atoms with Gasteiger partial charge < -0.3 is 0 Å². The van der Waals surface area contributed by atoms with Gasteiger partial charge in [0.2, 0.25) is 0 Å². The van der Waals surface area contributed by atoms with Gasteiger partial charge in [0, 0.05) is 11.6 Å². The van der Waals surface area contributed by atoms with E-state index >= 15 is 0 Å². The number of hydrogen-bond donors (Lipinski definition) is 1. The van der Waals surface area contributed by atoms with Gasteiger partial charge in [0.1, 0.15) is 5.82 Å². The van der Waals surface area contributed by atoms with Crippen molar-refractivity contribution in [2.45, 2.75) is 0 Å². The molecular weight excluding hydrogens is 258 g/mol. The Labute approximate surface area is 123 Å². The van der Waals surface area contributed by atoms with E-state index in [1.54, 1.807) is 6.21 Å². The summed E-state index contributed by atoms with van der Waals surface area (Å²) >= 11 is 0. The Kier molecular flexibility index (Phi) is 4.03. The molecule has 0 atom stereocenters. The summed E-state index contributed by atoms with van der Waals surface area (Å²) in [6, 6.07) is 22.1. The van der Waals surface area contributed by atoms with Crippen LogP contribution < -0.4 is 5.43 Å². The van der Waals surface area contributed by atoms with Gasteiger partial charge in [-0.3, -0.25) is 5.43 Å². The Bertz CT molecular complexity index is 777. The first kappa shape index (κ1) is 13.1. The van der Waals surface area contributed by atoms with Crippen LogP contribution in [0, 0.1) is 0 Å². The molecular formula is C18H15N3. The molecule has 21 heavy (non-hydrogen) atoms. The molecule has 1 heterocycles. The number of rotatable bonds is 4. The van der Waals surface area contributed by atoms with Crippen molar-refractivity contribution in [2.24, 2.45) is 5.10 Å². The lowest BCUT2D eigenvalue weighted by Gasteiger charge is -2.01. The lowest BCUT2D eigenvalue weighted by Crippen LogP contribution is -1.92. The van der Waals surface area contributed by atoms with Gasteiger partial charge in [0.05, 0.1) is 5.52 Å². The first-order valence-electron chi connectivity index (χ1n) is 6.78. The second-order valence-corrected chi connectivity index (χ2v) is 4.55. The Morgan fingerprint density at radius 1 is 0.857 bits per heavy atom. The summed E-state index contributed by atoms with van der Waals surface area (Å²) in [5.41, 5.74) is 5.03. The Morgan fingerprint density at radius 2 is 1.67 bits per heavy atom. The number of hydrazone groups is 1. The van der Waals surface area contributed by atoms with E-state index in [9.17, 15) is 0 Å². The lowest BCUT2D eigenvalue weighted by molar-refractivity contribution is 1.27. The summed E-state index contributed by atoms with van der Waals surface area (Å²) in [5, 5.41) is 5.26. The molecule has 0 spiro atoms. The zero-order valence-electron chi connectivity index (χ0n) is 11.5. The van der Waals surface area contributed by atoms with Gasteiger partial charge in [-0.1, -0.05) is 54.6 Å². The summed E-state index contributed by atoms with van der Waals surface area (Å²) in [6.45, 7) is 0. The zero-order valence-corrected chi connectivity index (χ0v) is 11.5. The summed E-state index contributed by atoms with van der Waals surface area (Å²) < 4.78 is 0. The first-order chi connectivity index (χ1) is 10.4. The van der Waals surface area contributed by atoms with Gasteiger partial charge in [-0.2, -0.15) is 5.10 Å². The molecule has 0 bridgehead atoms. The molecule has 0 aliphatic carbocycles. The molecule has 1 N–H and O–H groups in total. The molecule has 0 aliphatic rings. The van der Waals surface area contributed by atoms with E-state index in [-0.39, 0.29) is 0 Å². The van der Waals surface area contributed by atoms with Gasteiger partial charge in [0.25, 0.3) is 0 Å². The van der Waals surface area contributed by atoms with E-state index in [2.05, 4.69) is 15.5 Å². The lowest BCUT2D eigenvalue weighted by atomic mass is 10.2. The van der Waals surface area contributed by atoms with Crippen LogP contribution in [-0.2, 0) is 0 Å². The maximum absolute atomic E-state index is 4.48. The highest BCUT2D eigenvalue weighted by Gasteiger charge is 1.95. The molecule has 3 nitrogen and oxygen atoms in total. The third kappa shape index (κ3) is 3.54. The summed E-state index contributed by atoms with van der Waals surface area (Å²) in [5.74, 6) is 0.734. The van der Waals surface area contributed by atoms with Gasteiger partial charge in [-0.05, 0) is 29.8 Å². The number of allylic oxidation sites excluding steroid dienone is 1. The van der Waals surface area contributed by atoms with Gasteiger partial charge in [-0.15, -0.1) is 0 Å². The minimum atomic E-state index is 0.734. The Morgan fingerprint density at radius 3 is 2.57 bits per heavy atom. The van der Waals surface area contributed by atoms with Crippen molar-refractivity contribution in [3.8, 4) is 0 Å². The van der Waals surface area contributed by atoms with Crippen LogP contribution in [-0.4, -0.2) is 11.2 Å². The number of nitrogens with one attached hydrogen (secondary N) is 1. The number of aromatic nitrogens is 1. The molecule has 0 unspecified atom stereocenters. The predicted molar refractivity (Wildman–Crippen MR) is 89.3 cm³/mol. The maximum Gasteiger partial charge on any atom is 0.146 e. The van der Waals surface area contributed by atoms with Crippen LogP contribution >= 0.6 is 0 Å². The van der Waals surface area contributed by atoms with Crippen molar-refractivity contribution in [1.82, 2.24) is 4.98 Å². The van der Waals surface area contributed by atoms with Crippen LogP contribution in [0.25, 0.3) is 17.0 Å². The number of para-hydroxylation sites is 1. The van der Waals surface area contributed by atoms with Crippen LogP contribution in [0.1, 0.15) is 5.56 Å². The highest BCUT2D eigenvalue weighted by molar-refractivity contribution is 5.81. The number of pyridine rings is 1. The number of hydrogen-bond acceptors (Lipinski definition) is 3. The average Bonchev–Trinajstić information content (AvgIpc) is 2.55. The highest BCUT2D eigenvalue weighted by Crippen LogP contribution is 2.14. The van der Waals surface area contributed by atoms with Crippen molar-refractivity contribution >= 4 is 29.0 Å². The Hall–Kier alpha value is -2.94. The smallest absolute Gasteiger partial charge is 0.146 e. The summed E-state index contributed by atoms with van der Waals surface area (Å²) in [4.78, 5) is 4.48. The van der Waals surface area contributed by atoms with Crippen molar-refractivity contribution in [3.05, 3.63) is 78.4 Å². The molecule has 3 aromatic rings. The molecule has 3 heteroatoms. The maximum atomic E-state index is 4.48. The van der Waals surface area contributed by atoms with Gasteiger partial charge >= 0.3 is 0 Å². The van der Waals surface area contributed by atoms with Crippen LogP contribution in [0.3, 0.4) is 0 Å². The van der Waals surface area contributed by atoms with Crippen LogP contribution in [0.15, 0.2) is 77.9 Å². The minimum Gasteiger partial charge on any atom is -0.261 e. The average molecular weight is 273 g/mol. The highest BCUT2D eigenvalue weighted by atomic mass is 15.3. The third-order valence-electron chi connectivity index (χ3n) is 3.03. The largest absolute Gasteiger partial charge is 0.261 e. The molecule has 0 saturated heterocycles. The van der Waals surface area contributed by atoms with Crippen LogP contribution in [0.5, 0.6) is 0 Å². The minimum absolute atomic E-state index is 0.734. The Balaban J connectivity index is 1.63. The molecule has 3 rings (SSSR count). The van der Waals surface area contributed by atoms with Gasteiger partial charge in [0.15, 0.2) is 0 Å². The SMILES string of the molecule is C(=C/c1ccccc1)/C=N/Nc1ccc2ccccc2n1. The van der Waals surface area contributed by atoms with Crippen molar-refractivity contribution in [2.75, 3.05) is 5.43 Å². The molecule has 1 aromatic heterocycles. The fourth-order valence-electron chi connectivity index (χ4n) is 1.99. The zero-order chi connectivity index (χ0) is 14.3. The third-order valence-corrected chi connectivity index (χ3v) is 3.03. The molecule has 0 fully saturated rings. The topological polar surface area (TPSA) is 37.3 Å². The van der Waals surface area contributed by atoms with E-state index in [0.717, 1.165) is 22.3 Å². The normalized spacial score (nSPS) is 11.4. The fraction of sp³-hybridized carbons (Fsp3) is 0. The van der Waals surface area contributed by atoms with Crippen LogP contribution in [0.2, 0.25) is 0 Å². The van der Waals surface area contributed by atoms with E-state index < -0.39 is 0 Å². The van der Waals surface area contributed by atoms with Crippen molar-refractivity contribution < 1.29 is 0 Å². The summed E-state index contributed by atoms with van der Waals surface area (Å²) in [6.07, 6.45) is 5.60. The van der Waals surface area contributed by atoms with Crippen molar-refractivity contribution in [1.29, 1.82) is 0 Å². The van der Waals surface area contributed by atoms with Gasteiger partial charge in [-0.25, -0.2) is 4.98 Å². The van der Waals surface area contributed by atoms with E-state index in [0.29, 0.717) is 0 Å². The monoisotopic (exact) mass is 273 g/mol. The number of nitrogens with zero attached hydrogens (tertiary/aromatic N) is 2. The summed E-state index contributed by atoms with van der Waals surface area (Å²) in [7, 11) is 0. The van der Waals surface area contributed by atoms with Crippen molar-refractivity contribution in [3.63, 3.8) is 0 Å². The van der Waals surface area contributed by atoms with E-state index in [1.165, 1.54) is 0 Å². The van der Waals surface area contributed by atoms with Crippen LogP contribution in [0.4, 0.5) is 5.82 Å². The molecule has 0 amide bonds. The molecule has 0 radical (unpaired) electrons. The number of benzene rings is 2. The fourth-order valence-corrected chi connectivity index (χ4v) is 1.99. The number of anilines is 1. The first-order valence-corrected chi connectivity index (χ1v) is 6.78. The number of fused-ring (bicyclic) bond motifs is 1. The molecule has 0 aliphatic heterocycles. The second kappa shape index (κ2) is 6.48. The predicted octanol–water partition coefficient (Wildman–Crippen LogP) is 4.35. The van der Waals surface area contributed by atoms with E-state index in [1.807, 2.05) is 78.9 Å². The quantitative estimate of drug-likeness (QED) is 0.567. The second-order valence-electron chi connectivity index (χ2n) is 4.55. The standard InChI is InChI=1S/C18H15N3/c1-2-7-15(8-3-1)9-6-14-19-21-18-13-12-16-10-4-5-11-17(16)20-18/h1-14H,(H,20,21)/b9-6-,19-14+.